The highest BCUT2D eigenvalue weighted by Crippen LogP contribution is 2.15. The molecule has 0 spiro atoms. The molecule has 1 aromatic carbocycles. The van der Waals surface area contributed by atoms with Crippen LogP contribution in [0, 0.1) is 0 Å². The van der Waals surface area contributed by atoms with Crippen LogP contribution in [0.15, 0.2) is 40.9 Å². The van der Waals surface area contributed by atoms with Gasteiger partial charge in [-0.2, -0.15) is 0 Å². The predicted octanol–water partition coefficient (Wildman–Crippen LogP) is 1.28. The molecule has 1 amide bonds. The second-order valence-corrected chi connectivity index (χ2v) is 4.13. The molecule has 2 rings (SSSR count). The number of hydrogen-bond acceptors (Lipinski definition) is 2. The van der Waals surface area contributed by atoms with Crippen molar-refractivity contribution in [2.45, 2.75) is 11.3 Å². The van der Waals surface area contributed by atoms with E-state index in [0.29, 0.717) is 5.56 Å². The Hall–Kier alpha value is -1.46. The van der Waals surface area contributed by atoms with Gasteiger partial charge in [0.15, 0.2) is 11.1 Å². The highest BCUT2D eigenvalue weighted by Gasteiger charge is 2.12. The van der Waals surface area contributed by atoms with Crippen molar-refractivity contribution >= 4 is 17.0 Å². The molecule has 1 aromatic rings. The molecule has 0 bridgehead atoms. The van der Waals surface area contributed by atoms with Gasteiger partial charge in [0.25, 0.3) is 5.91 Å². The summed E-state index contributed by atoms with van der Waals surface area (Å²) >= 11 is -1.99. The van der Waals surface area contributed by atoms with Crippen LogP contribution in [0.25, 0.3) is 0 Å². The number of hydrogen-bond donors (Lipinski definition) is 2. The lowest BCUT2D eigenvalue weighted by molar-refractivity contribution is 0.0967. The zero-order valence-electron chi connectivity index (χ0n) is 7.77. The molecule has 0 radical (unpaired) electrons. The highest BCUT2D eigenvalue weighted by molar-refractivity contribution is 7.79. The Morgan fingerprint density at radius 3 is 2.40 bits per heavy atom. The Labute approximate surface area is 89.3 Å². The van der Waals surface area contributed by atoms with Crippen LogP contribution in [0.2, 0.25) is 0 Å². The van der Waals surface area contributed by atoms with Crippen molar-refractivity contribution in [2.24, 2.45) is 0 Å². The minimum atomic E-state index is -1.99. The molecule has 0 heterocycles. The van der Waals surface area contributed by atoms with Crippen molar-refractivity contribution in [3.63, 3.8) is 0 Å². The average molecular weight is 223 g/mol. The van der Waals surface area contributed by atoms with E-state index in [9.17, 15) is 9.00 Å². The molecule has 5 heteroatoms. The van der Waals surface area contributed by atoms with Crippen molar-refractivity contribution in [3.05, 3.63) is 41.6 Å². The zero-order valence-corrected chi connectivity index (χ0v) is 8.58. The van der Waals surface area contributed by atoms with Crippen LogP contribution < -0.4 is 5.32 Å². The van der Waals surface area contributed by atoms with Gasteiger partial charge in [-0.15, -0.1) is 0 Å². The molecule has 0 fully saturated rings. The number of carbonyl (C=O) groups is 1. The largest absolute Gasteiger partial charge is 0.326 e. The number of benzene rings is 1. The maximum Gasteiger partial charge on any atom is 0.255 e. The first-order valence-electron chi connectivity index (χ1n) is 4.38. The Kier molecular flexibility index (Phi) is 2.66. The van der Waals surface area contributed by atoms with Crippen LogP contribution in [0.3, 0.4) is 0 Å². The lowest BCUT2D eigenvalue weighted by Gasteiger charge is -2.01. The molecule has 0 saturated carbocycles. The van der Waals surface area contributed by atoms with Gasteiger partial charge in [-0.3, -0.25) is 4.79 Å². The summed E-state index contributed by atoms with van der Waals surface area (Å²) in [5, 5.41) is 2.70. The van der Waals surface area contributed by atoms with E-state index < -0.39 is 11.1 Å². The van der Waals surface area contributed by atoms with E-state index in [1.807, 2.05) is 6.08 Å². The van der Waals surface area contributed by atoms with Crippen molar-refractivity contribution in [1.29, 1.82) is 0 Å². The molecule has 0 aliphatic heterocycles. The van der Waals surface area contributed by atoms with Gasteiger partial charge in [0.05, 0.1) is 4.90 Å². The molecule has 2 N–H and O–H groups in total. The monoisotopic (exact) mass is 223 g/mol. The van der Waals surface area contributed by atoms with Crippen molar-refractivity contribution in [2.75, 3.05) is 0 Å². The van der Waals surface area contributed by atoms with Gasteiger partial charge in [0.2, 0.25) is 0 Å². The van der Waals surface area contributed by atoms with Gasteiger partial charge in [-0.05, 0) is 24.3 Å². The van der Waals surface area contributed by atoms with Gasteiger partial charge in [0.1, 0.15) is 0 Å². The fourth-order valence-corrected chi connectivity index (χ4v) is 1.46. The van der Waals surface area contributed by atoms with Crippen LogP contribution in [-0.2, 0) is 11.1 Å². The van der Waals surface area contributed by atoms with Crippen LogP contribution in [0.4, 0.5) is 0 Å². The topological polar surface area (TPSA) is 66.4 Å². The van der Waals surface area contributed by atoms with Gasteiger partial charge in [0, 0.05) is 17.7 Å². The number of carbonyl (C=O) groups excluding carboxylic acids is 1. The lowest BCUT2D eigenvalue weighted by Crippen LogP contribution is -2.18. The van der Waals surface area contributed by atoms with Crippen LogP contribution in [0.1, 0.15) is 16.8 Å². The molecule has 1 atom stereocenters. The van der Waals surface area contributed by atoms with E-state index in [1.165, 1.54) is 24.3 Å². The summed E-state index contributed by atoms with van der Waals surface area (Å²) in [7, 11) is 0. The van der Waals surface area contributed by atoms with E-state index >= 15 is 0 Å². The summed E-state index contributed by atoms with van der Waals surface area (Å²) in [6.45, 7) is 0. The van der Waals surface area contributed by atoms with E-state index in [4.69, 9.17) is 4.55 Å². The minimum absolute atomic E-state index is 0.186. The molecule has 0 saturated heterocycles. The second kappa shape index (κ2) is 3.96. The van der Waals surface area contributed by atoms with Crippen molar-refractivity contribution in [1.82, 2.24) is 5.32 Å². The molecule has 1 unspecified atom stereocenters. The summed E-state index contributed by atoms with van der Waals surface area (Å²) in [6, 6.07) is 5.99. The molecular weight excluding hydrogens is 214 g/mol. The Morgan fingerprint density at radius 2 is 1.93 bits per heavy atom. The molecule has 0 aromatic heterocycles. The standard InChI is InChI=1S/C10H9NO3S/c12-10(11-8-3-4-8)7-1-5-9(6-2-7)15(13)14/h1-3,5-6H,4H2,(H,11,12)(H,13,14). The first-order chi connectivity index (χ1) is 7.16. The van der Waals surface area contributed by atoms with E-state index in [0.717, 1.165) is 12.1 Å². The van der Waals surface area contributed by atoms with E-state index in [2.05, 4.69) is 5.32 Å². The summed E-state index contributed by atoms with van der Waals surface area (Å²) in [5.41, 5.74) is 1.41. The fourth-order valence-electron chi connectivity index (χ4n) is 1.09. The third-order valence-electron chi connectivity index (χ3n) is 2.00. The quantitative estimate of drug-likeness (QED) is 0.759. The maximum atomic E-state index is 11.5. The number of amides is 1. The van der Waals surface area contributed by atoms with Gasteiger partial charge < -0.3 is 9.87 Å². The SMILES string of the molecule is O=C(NC1=CC1)c1ccc(S(=O)O)cc1. The summed E-state index contributed by atoms with van der Waals surface area (Å²) in [6.07, 6.45) is 2.75. The predicted molar refractivity (Wildman–Crippen MR) is 55.6 cm³/mol. The summed E-state index contributed by atoms with van der Waals surface area (Å²) in [4.78, 5) is 11.8. The number of allylic oxidation sites excluding steroid dienone is 2. The molecule has 15 heavy (non-hydrogen) atoms. The average Bonchev–Trinajstić information content (AvgIpc) is 3.02. The first kappa shape index (κ1) is 10.1. The molecule has 4 nitrogen and oxygen atoms in total. The molecule has 78 valence electrons. The molecule has 1 aliphatic rings. The van der Waals surface area contributed by atoms with Crippen LogP contribution in [-0.4, -0.2) is 14.7 Å². The van der Waals surface area contributed by atoms with Gasteiger partial charge in [-0.25, -0.2) is 4.21 Å². The van der Waals surface area contributed by atoms with Crippen molar-refractivity contribution < 1.29 is 13.6 Å². The minimum Gasteiger partial charge on any atom is -0.326 e. The zero-order chi connectivity index (χ0) is 10.8. The highest BCUT2D eigenvalue weighted by atomic mass is 32.2. The lowest BCUT2D eigenvalue weighted by atomic mass is 10.2. The molecular formula is C10H9NO3S. The smallest absolute Gasteiger partial charge is 0.255 e. The first-order valence-corrected chi connectivity index (χ1v) is 5.49. The van der Waals surface area contributed by atoms with Crippen LogP contribution in [0.5, 0.6) is 0 Å². The maximum absolute atomic E-state index is 11.5. The van der Waals surface area contributed by atoms with Gasteiger partial charge >= 0.3 is 0 Å². The van der Waals surface area contributed by atoms with E-state index in [-0.39, 0.29) is 10.8 Å². The second-order valence-electron chi connectivity index (χ2n) is 3.16. The Morgan fingerprint density at radius 1 is 1.33 bits per heavy atom. The number of rotatable bonds is 3. The third-order valence-corrected chi connectivity index (χ3v) is 2.68. The Balaban J connectivity index is 2.11. The fraction of sp³-hybridized carbons (Fsp3) is 0.100. The van der Waals surface area contributed by atoms with Crippen LogP contribution >= 0.6 is 0 Å². The Bertz CT molecular complexity index is 450. The normalized spacial score (nSPS) is 15.4. The number of nitrogens with one attached hydrogen (secondary N) is 1. The van der Waals surface area contributed by atoms with E-state index in [1.54, 1.807) is 0 Å². The summed E-state index contributed by atoms with van der Waals surface area (Å²) < 4.78 is 19.4. The van der Waals surface area contributed by atoms with Gasteiger partial charge in [-0.1, -0.05) is 6.08 Å². The third kappa shape index (κ3) is 2.51. The summed E-state index contributed by atoms with van der Waals surface area (Å²) in [5.74, 6) is -0.186. The van der Waals surface area contributed by atoms with Crippen molar-refractivity contribution in [3.8, 4) is 0 Å². The molecule has 1 aliphatic carbocycles.